The van der Waals surface area contributed by atoms with Crippen molar-refractivity contribution in [2.45, 2.75) is 46.1 Å². The maximum Gasteiger partial charge on any atom is 0.255 e. The summed E-state index contributed by atoms with van der Waals surface area (Å²) in [5, 5.41) is 3.65. The molecule has 2 bridgehead atoms. The minimum atomic E-state index is -0.148. The smallest absolute Gasteiger partial charge is 0.255 e. The van der Waals surface area contributed by atoms with Crippen molar-refractivity contribution in [3.8, 4) is 0 Å². The quantitative estimate of drug-likeness (QED) is 0.815. The summed E-state index contributed by atoms with van der Waals surface area (Å²) in [6, 6.07) is 5.36. The van der Waals surface area contributed by atoms with Crippen molar-refractivity contribution in [1.29, 1.82) is 0 Å². The van der Waals surface area contributed by atoms with Crippen LogP contribution in [0.5, 0.6) is 0 Å². The maximum atomic E-state index is 12.7. The highest BCUT2D eigenvalue weighted by atomic mass is 35.5. The first-order valence-electron chi connectivity index (χ1n) is 7.60. The molecule has 1 aromatic carbocycles. The number of carbonyl (C=O) groups excluding carboxylic acids is 1. The Morgan fingerprint density at radius 2 is 2.10 bits per heavy atom. The highest BCUT2D eigenvalue weighted by Gasteiger charge is 2.59. The number of benzene rings is 1. The number of nitrogens with two attached hydrogens (primary N) is 1. The molecule has 0 radical (unpaired) electrons. The third-order valence-corrected chi connectivity index (χ3v) is 6.13. The van der Waals surface area contributed by atoms with Gasteiger partial charge in [-0.25, -0.2) is 0 Å². The highest BCUT2D eigenvalue weighted by Crippen LogP contribution is 2.62. The number of anilines is 1. The van der Waals surface area contributed by atoms with Gasteiger partial charge in [-0.2, -0.15) is 0 Å². The number of nitrogens with one attached hydrogen (secondary N) is 1. The first-order chi connectivity index (χ1) is 9.75. The van der Waals surface area contributed by atoms with Gasteiger partial charge in [-0.3, -0.25) is 4.79 Å². The number of carbonyl (C=O) groups is 1. The summed E-state index contributed by atoms with van der Waals surface area (Å²) in [7, 11) is 0. The number of fused-ring (bicyclic) bond motifs is 2. The lowest BCUT2D eigenvalue weighted by Gasteiger charge is -2.43. The van der Waals surface area contributed by atoms with Gasteiger partial charge in [0.1, 0.15) is 0 Å². The third kappa shape index (κ3) is 2.13. The molecule has 3 nitrogen and oxygen atoms in total. The molecule has 0 heterocycles. The third-order valence-electron chi connectivity index (χ3n) is 5.82. The Labute approximate surface area is 131 Å². The molecule has 0 saturated heterocycles. The Kier molecular flexibility index (Phi) is 3.25. The van der Waals surface area contributed by atoms with E-state index < -0.39 is 0 Å². The summed E-state index contributed by atoms with van der Waals surface area (Å²) < 4.78 is 0. The number of nitrogen functional groups attached to an aromatic ring is 1. The van der Waals surface area contributed by atoms with Gasteiger partial charge < -0.3 is 11.1 Å². The van der Waals surface area contributed by atoms with E-state index in [0.717, 1.165) is 0 Å². The second kappa shape index (κ2) is 4.64. The molecule has 0 aliphatic heterocycles. The molecule has 114 valence electrons. The van der Waals surface area contributed by atoms with E-state index in [1.165, 1.54) is 19.3 Å². The normalized spacial score (nSPS) is 33.1. The Balaban J connectivity index is 1.89. The average Bonchev–Trinajstić information content (AvgIpc) is 2.86. The van der Waals surface area contributed by atoms with Crippen molar-refractivity contribution in [1.82, 2.24) is 5.32 Å². The zero-order valence-corrected chi connectivity index (χ0v) is 13.6. The van der Waals surface area contributed by atoms with Crippen LogP contribution in [0, 0.1) is 16.7 Å². The van der Waals surface area contributed by atoms with Crippen LogP contribution < -0.4 is 11.1 Å². The van der Waals surface area contributed by atoms with Crippen LogP contribution in [0.1, 0.15) is 50.4 Å². The predicted octanol–water partition coefficient (Wildman–Crippen LogP) is 3.87. The summed E-state index contributed by atoms with van der Waals surface area (Å²) in [6.45, 7) is 6.83. The molecule has 0 aromatic heterocycles. The van der Waals surface area contributed by atoms with Crippen molar-refractivity contribution >= 4 is 23.2 Å². The van der Waals surface area contributed by atoms with Gasteiger partial charge in [-0.05, 0) is 48.1 Å². The number of halogens is 1. The Bertz CT molecular complexity index is 573. The standard InChI is InChI=1S/C17H23ClN2O/c1-16(2)10-7-8-17(3,9-10)15(16)20-14(21)13-11(18)5-4-6-12(13)19/h4-6,10,15H,7-9,19H2,1-3H3,(H,20,21). The second-order valence-corrected chi connectivity index (χ2v) is 7.93. The van der Waals surface area contributed by atoms with Crippen LogP contribution in [-0.4, -0.2) is 11.9 Å². The lowest BCUT2D eigenvalue weighted by molar-refractivity contribution is 0.0738. The highest BCUT2D eigenvalue weighted by molar-refractivity contribution is 6.34. The van der Waals surface area contributed by atoms with Crippen LogP contribution in [0.15, 0.2) is 18.2 Å². The molecule has 2 saturated carbocycles. The topological polar surface area (TPSA) is 55.1 Å². The van der Waals surface area contributed by atoms with Crippen LogP contribution >= 0.6 is 11.6 Å². The second-order valence-electron chi connectivity index (χ2n) is 7.53. The first kappa shape index (κ1) is 14.7. The zero-order chi connectivity index (χ0) is 15.4. The molecule has 4 heteroatoms. The minimum absolute atomic E-state index is 0.124. The van der Waals surface area contributed by atoms with Crippen molar-refractivity contribution in [2.75, 3.05) is 5.73 Å². The summed E-state index contributed by atoms with van der Waals surface area (Å²) in [5.41, 5.74) is 7.09. The molecule has 3 N–H and O–H groups in total. The predicted molar refractivity (Wildman–Crippen MR) is 86.3 cm³/mol. The molecule has 3 rings (SSSR count). The van der Waals surface area contributed by atoms with Crippen LogP contribution in [0.4, 0.5) is 5.69 Å². The molecule has 3 atom stereocenters. The molecule has 3 unspecified atom stereocenters. The van der Waals surface area contributed by atoms with Crippen LogP contribution in [-0.2, 0) is 0 Å². The number of rotatable bonds is 2. The summed E-state index contributed by atoms with van der Waals surface area (Å²) >= 11 is 6.15. The van der Waals surface area contributed by atoms with Gasteiger partial charge in [0, 0.05) is 11.7 Å². The van der Waals surface area contributed by atoms with E-state index >= 15 is 0 Å². The fraction of sp³-hybridized carbons (Fsp3) is 0.588. The molecule has 0 spiro atoms. The Morgan fingerprint density at radius 3 is 2.67 bits per heavy atom. The first-order valence-corrected chi connectivity index (χ1v) is 7.98. The molecule has 1 amide bonds. The summed E-state index contributed by atoms with van der Waals surface area (Å²) in [6.07, 6.45) is 3.65. The van der Waals surface area contributed by atoms with Gasteiger partial charge in [-0.15, -0.1) is 0 Å². The van der Waals surface area contributed by atoms with E-state index in [0.29, 0.717) is 22.2 Å². The van der Waals surface area contributed by atoms with Crippen molar-refractivity contribution in [3.63, 3.8) is 0 Å². The lowest BCUT2D eigenvalue weighted by atomic mass is 9.68. The molecular weight excluding hydrogens is 284 g/mol. The van der Waals surface area contributed by atoms with Gasteiger partial charge in [0.15, 0.2) is 0 Å². The van der Waals surface area contributed by atoms with E-state index in [2.05, 4.69) is 26.1 Å². The van der Waals surface area contributed by atoms with E-state index in [1.807, 2.05) is 0 Å². The van der Waals surface area contributed by atoms with Crippen molar-refractivity contribution in [2.24, 2.45) is 16.7 Å². The van der Waals surface area contributed by atoms with E-state index in [-0.39, 0.29) is 22.8 Å². The van der Waals surface area contributed by atoms with Gasteiger partial charge in [0.05, 0.1) is 10.6 Å². The molecule has 2 fully saturated rings. The summed E-state index contributed by atoms with van der Waals surface area (Å²) in [4.78, 5) is 12.7. The van der Waals surface area contributed by atoms with E-state index in [1.54, 1.807) is 18.2 Å². The molecule has 21 heavy (non-hydrogen) atoms. The van der Waals surface area contributed by atoms with Crippen LogP contribution in [0.25, 0.3) is 0 Å². The molecular formula is C17H23ClN2O. The van der Waals surface area contributed by atoms with Gasteiger partial charge >= 0.3 is 0 Å². The molecule has 2 aliphatic rings. The van der Waals surface area contributed by atoms with Crippen molar-refractivity contribution in [3.05, 3.63) is 28.8 Å². The zero-order valence-electron chi connectivity index (χ0n) is 12.9. The Morgan fingerprint density at radius 1 is 1.38 bits per heavy atom. The van der Waals surface area contributed by atoms with Crippen LogP contribution in [0.3, 0.4) is 0 Å². The van der Waals surface area contributed by atoms with E-state index in [4.69, 9.17) is 17.3 Å². The molecule has 2 aliphatic carbocycles. The largest absolute Gasteiger partial charge is 0.398 e. The van der Waals surface area contributed by atoms with Crippen molar-refractivity contribution < 1.29 is 4.79 Å². The Hall–Kier alpha value is -1.22. The number of amides is 1. The molecule has 1 aromatic rings. The fourth-order valence-electron chi connectivity index (χ4n) is 4.65. The average molecular weight is 307 g/mol. The number of hydrogen-bond acceptors (Lipinski definition) is 2. The van der Waals surface area contributed by atoms with E-state index in [9.17, 15) is 4.79 Å². The lowest BCUT2D eigenvalue weighted by Crippen LogP contribution is -2.52. The minimum Gasteiger partial charge on any atom is -0.398 e. The summed E-state index contributed by atoms with van der Waals surface area (Å²) in [5.74, 6) is 0.543. The van der Waals surface area contributed by atoms with Gasteiger partial charge in [-0.1, -0.05) is 38.4 Å². The fourth-order valence-corrected chi connectivity index (χ4v) is 4.91. The SMILES string of the molecule is CC12CCC(C1)C(C)(C)C2NC(=O)c1c(N)cccc1Cl. The van der Waals surface area contributed by atoms with Gasteiger partial charge in [0.25, 0.3) is 5.91 Å². The van der Waals surface area contributed by atoms with Gasteiger partial charge in [0.2, 0.25) is 0 Å². The number of hydrogen-bond donors (Lipinski definition) is 2. The monoisotopic (exact) mass is 306 g/mol. The maximum absolute atomic E-state index is 12.7. The van der Waals surface area contributed by atoms with Crippen LogP contribution in [0.2, 0.25) is 5.02 Å².